The molecule has 10 heteroatoms. The minimum Gasteiger partial charge on any atom is -0.463 e. The summed E-state index contributed by atoms with van der Waals surface area (Å²) in [5.74, 6) is -0.467. The first-order valence-corrected chi connectivity index (χ1v) is 12.3. The molecule has 1 aromatic rings. The topological polar surface area (TPSA) is 94.2 Å². The Kier molecular flexibility index (Phi) is 8.33. The fraction of sp³-hybridized carbons (Fsp3) is 0.560. The van der Waals surface area contributed by atoms with Crippen LogP contribution in [0.15, 0.2) is 35.5 Å². The van der Waals surface area contributed by atoms with Gasteiger partial charge in [-0.15, -0.1) is 0 Å². The number of urea groups is 2. The van der Waals surface area contributed by atoms with Gasteiger partial charge in [-0.25, -0.2) is 14.4 Å². The molecule has 9 nitrogen and oxygen atoms in total. The SMILES string of the molecule is CCOC(=O)C1=C(CN2CCN(C(=O)NC(C)(C)C)C(C)C2)N(C)C(=O)NC1c1ccc(Cl)cc1. The first-order chi connectivity index (χ1) is 16.4. The number of esters is 1. The van der Waals surface area contributed by atoms with Gasteiger partial charge >= 0.3 is 18.0 Å². The lowest BCUT2D eigenvalue weighted by Crippen LogP contribution is -2.59. The molecule has 192 valence electrons. The number of rotatable bonds is 5. The quantitative estimate of drug-likeness (QED) is 0.598. The number of benzene rings is 1. The second-order valence-electron chi connectivity index (χ2n) is 10.0. The second kappa shape index (κ2) is 10.9. The van der Waals surface area contributed by atoms with Crippen molar-refractivity contribution in [2.75, 3.05) is 39.8 Å². The van der Waals surface area contributed by atoms with Gasteiger partial charge in [-0.2, -0.15) is 0 Å². The van der Waals surface area contributed by atoms with Gasteiger partial charge in [-0.3, -0.25) is 9.80 Å². The van der Waals surface area contributed by atoms with E-state index in [0.29, 0.717) is 42.5 Å². The molecule has 2 aliphatic rings. The van der Waals surface area contributed by atoms with Crippen LogP contribution in [0.5, 0.6) is 0 Å². The fourth-order valence-corrected chi connectivity index (χ4v) is 4.51. The number of ether oxygens (including phenoxy) is 1. The van der Waals surface area contributed by atoms with Gasteiger partial charge in [-0.1, -0.05) is 23.7 Å². The van der Waals surface area contributed by atoms with Crippen molar-refractivity contribution in [3.8, 4) is 0 Å². The molecule has 1 aromatic carbocycles. The molecule has 0 saturated carbocycles. The van der Waals surface area contributed by atoms with Crippen molar-refractivity contribution in [3.63, 3.8) is 0 Å². The van der Waals surface area contributed by atoms with Gasteiger partial charge in [0.15, 0.2) is 0 Å². The summed E-state index contributed by atoms with van der Waals surface area (Å²) in [5, 5.41) is 6.50. The largest absolute Gasteiger partial charge is 0.463 e. The van der Waals surface area contributed by atoms with Crippen LogP contribution in [0.2, 0.25) is 5.02 Å². The third-order valence-electron chi connectivity index (χ3n) is 6.10. The Morgan fingerprint density at radius 1 is 1.20 bits per heavy atom. The van der Waals surface area contributed by atoms with E-state index < -0.39 is 12.0 Å². The van der Waals surface area contributed by atoms with Crippen molar-refractivity contribution in [1.29, 1.82) is 0 Å². The average Bonchev–Trinajstić information content (AvgIpc) is 2.76. The Morgan fingerprint density at radius 2 is 1.86 bits per heavy atom. The zero-order chi connectivity index (χ0) is 25.9. The van der Waals surface area contributed by atoms with E-state index in [9.17, 15) is 14.4 Å². The van der Waals surface area contributed by atoms with Gasteiger partial charge in [0.2, 0.25) is 0 Å². The molecule has 1 saturated heterocycles. The van der Waals surface area contributed by atoms with E-state index in [0.717, 1.165) is 5.56 Å². The van der Waals surface area contributed by atoms with Crippen LogP contribution in [-0.2, 0) is 9.53 Å². The molecule has 2 N–H and O–H groups in total. The predicted octanol–water partition coefficient (Wildman–Crippen LogP) is 3.37. The number of nitrogens with zero attached hydrogens (tertiary/aromatic N) is 3. The number of carbonyl (C=O) groups is 3. The summed E-state index contributed by atoms with van der Waals surface area (Å²) in [6, 6.07) is 5.97. The molecular formula is C25H36ClN5O4. The lowest BCUT2D eigenvalue weighted by molar-refractivity contribution is -0.139. The highest BCUT2D eigenvalue weighted by Crippen LogP contribution is 2.32. The van der Waals surface area contributed by atoms with Crippen molar-refractivity contribution in [2.45, 2.75) is 52.2 Å². The van der Waals surface area contributed by atoms with Crippen LogP contribution >= 0.6 is 11.6 Å². The number of hydrogen-bond donors (Lipinski definition) is 2. The van der Waals surface area contributed by atoms with E-state index in [1.165, 1.54) is 4.90 Å². The van der Waals surface area contributed by atoms with Crippen molar-refractivity contribution in [1.82, 2.24) is 25.3 Å². The molecule has 0 radical (unpaired) electrons. The average molecular weight is 506 g/mol. The highest BCUT2D eigenvalue weighted by Gasteiger charge is 2.38. The summed E-state index contributed by atoms with van der Waals surface area (Å²) >= 11 is 6.05. The van der Waals surface area contributed by atoms with Gasteiger partial charge in [0.1, 0.15) is 0 Å². The highest BCUT2D eigenvalue weighted by atomic mass is 35.5. The number of nitrogens with one attached hydrogen (secondary N) is 2. The predicted molar refractivity (Wildman–Crippen MR) is 135 cm³/mol. The van der Waals surface area contributed by atoms with Crippen LogP contribution < -0.4 is 10.6 Å². The lowest BCUT2D eigenvalue weighted by Gasteiger charge is -2.43. The molecule has 2 atom stereocenters. The Labute approximate surface area is 212 Å². The van der Waals surface area contributed by atoms with Crippen molar-refractivity contribution >= 4 is 29.6 Å². The molecule has 2 aliphatic heterocycles. The van der Waals surface area contributed by atoms with Gasteiger partial charge in [0.05, 0.1) is 18.2 Å². The van der Waals surface area contributed by atoms with Crippen LogP contribution in [0.4, 0.5) is 9.59 Å². The molecular weight excluding hydrogens is 470 g/mol. The maximum Gasteiger partial charge on any atom is 0.338 e. The van der Waals surface area contributed by atoms with E-state index in [-0.39, 0.29) is 30.2 Å². The zero-order valence-electron chi connectivity index (χ0n) is 21.4. The summed E-state index contributed by atoms with van der Waals surface area (Å²) < 4.78 is 5.40. The van der Waals surface area contributed by atoms with Crippen LogP contribution in [0.25, 0.3) is 0 Å². The molecule has 0 aromatic heterocycles. The van der Waals surface area contributed by atoms with Crippen molar-refractivity contribution < 1.29 is 19.1 Å². The van der Waals surface area contributed by atoms with E-state index in [1.54, 1.807) is 38.2 Å². The highest BCUT2D eigenvalue weighted by molar-refractivity contribution is 6.30. The third kappa shape index (κ3) is 6.46. The number of hydrogen-bond acceptors (Lipinski definition) is 5. The summed E-state index contributed by atoms with van der Waals surface area (Å²) in [5.41, 5.74) is 1.42. The maximum atomic E-state index is 13.1. The minimum absolute atomic E-state index is 0.0347. The van der Waals surface area contributed by atoms with Gasteiger partial charge in [0, 0.05) is 55.5 Å². The van der Waals surface area contributed by atoms with E-state index in [4.69, 9.17) is 16.3 Å². The molecule has 4 amide bonds. The molecule has 0 spiro atoms. The van der Waals surface area contributed by atoms with Gasteiger partial charge in [-0.05, 0) is 52.3 Å². The van der Waals surface area contributed by atoms with Crippen LogP contribution in [0, 0.1) is 0 Å². The fourth-order valence-electron chi connectivity index (χ4n) is 4.39. The molecule has 35 heavy (non-hydrogen) atoms. The molecule has 0 aliphatic carbocycles. The molecule has 2 unspecified atom stereocenters. The number of piperazine rings is 1. The minimum atomic E-state index is -0.652. The molecule has 1 fully saturated rings. The van der Waals surface area contributed by atoms with Crippen LogP contribution in [0.1, 0.15) is 46.2 Å². The van der Waals surface area contributed by atoms with E-state index >= 15 is 0 Å². The normalized spacial score (nSPS) is 21.6. The number of carbonyl (C=O) groups excluding carboxylic acids is 3. The molecule has 2 heterocycles. The monoisotopic (exact) mass is 505 g/mol. The Bertz CT molecular complexity index is 989. The van der Waals surface area contributed by atoms with Crippen molar-refractivity contribution in [2.24, 2.45) is 0 Å². The summed E-state index contributed by atoms with van der Waals surface area (Å²) in [4.78, 5) is 44.2. The second-order valence-corrected chi connectivity index (χ2v) is 10.5. The lowest BCUT2D eigenvalue weighted by atomic mass is 9.94. The van der Waals surface area contributed by atoms with Crippen LogP contribution in [0.3, 0.4) is 0 Å². The first-order valence-electron chi connectivity index (χ1n) is 11.9. The number of likely N-dealkylation sites (N-methyl/N-ethyl adjacent to an activating group) is 1. The standard InChI is InChI=1S/C25H36ClN5O4/c1-7-35-22(32)20-19(29(6)23(33)27-21(20)17-8-10-18(26)11-9-17)15-30-12-13-31(16(2)14-30)24(34)28-25(3,4)5/h8-11,16,21H,7,12-15H2,1-6H3,(H,27,33)(H,28,34). The van der Waals surface area contributed by atoms with Gasteiger partial charge in [0.25, 0.3) is 0 Å². The van der Waals surface area contributed by atoms with Gasteiger partial charge < -0.3 is 20.3 Å². The Balaban J connectivity index is 1.88. The third-order valence-corrected chi connectivity index (χ3v) is 6.36. The zero-order valence-corrected chi connectivity index (χ0v) is 22.1. The first kappa shape index (κ1) is 26.8. The smallest absolute Gasteiger partial charge is 0.338 e. The molecule has 0 bridgehead atoms. The number of halogens is 1. The van der Waals surface area contributed by atoms with E-state index in [1.807, 2.05) is 32.6 Å². The van der Waals surface area contributed by atoms with Crippen molar-refractivity contribution in [3.05, 3.63) is 46.1 Å². The summed E-state index contributed by atoms with van der Waals surface area (Å²) in [6.45, 7) is 12.0. The Hall–Kier alpha value is -2.78. The Morgan fingerprint density at radius 3 is 2.43 bits per heavy atom. The van der Waals surface area contributed by atoms with E-state index in [2.05, 4.69) is 15.5 Å². The number of amides is 4. The summed E-state index contributed by atoms with van der Waals surface area (Å²) in [6.07, 6.45) is 0. The van der Waals surface area contributed by atoms with Crippen LogP contribution in [-0.4, -0.2) is 84.1 Å². The molecule has 3 rings (SSSR count). The summed E-state index contributed by atoms with van der Waals surface area (Å²) in [7, 11) is 1.65. The maximum absolute atomic E-state index is 13.1.